The zero-order chi connectivity index (χ0) is 28.1. The standard InChI is InChI=1S/C32H32FNO5/c1-18-16-25-22(13-14-34(25)30(35)20-10-7-6-8-11-20)27(26(18)29(31(36)37)39-32(3,4)5)23-17-24(33)28-21(19(23)2)12-9-15-38-28/h6-8,10-11,13-14,16-17,29H,9,12,15H2,1-5H3,(H,36,37)/t29-/m0/s1. The number of aryl methyl sites for hydroxylation is 1. The van der Waals surface area contributed by atoms with Gasteiger partial charge in [0.2, 0.25) is 0 Å². The molecule has 0 fully saturated rings. The predicted octanol–water partition coefficient (Wildman–Crippen LogP) is 7.02. The number of aromatic nitrogens is 1. The highest BCUT2D eigenvalue weighted by molar-refractivity contribution is 6.07. The lowest BCUT2D eigenvalue weighted by atomic mass is 9.85. The minimum absolute atomic E-state index is 0.217. The van der Waals surface area contributed by atoms with Crippen molar-refractivity contribution in [1.82, 2.24) is 4.57 Å². The Hall–Kier alpha value is -3.97. The summed E-state index contributed by atoms with van der Waals surface area (Å²) >= 11 is 0. The van der Waals surface area contributed by atoms with Crippen molar-refractivity contribution in [2.75, 3.05) is 6.61 Å². The molecule has 0 saturated heterocycles. The first-order valence-electron chi connectivity index (χ1n) is 13.1. The fourth-order valence-electron chi connectivity index (χ4n) is 5.46. The molecule has 1 aliphatic rings. The molecule has 0 radical (unpaired) electrons. The largest absolute Gasteiger partial charge is 0.490 e. The number of hydrogen-bond donors (Lipinski definition) is 1. The lowest BCUT2D eigenvalue weighted by Crippen LogP contribution is -2.28. The fourth-order valence-corrected chi connectivity index (χ4v) is 5.46. The molecule has 1 aromatic heterocycles. The Morgan fingerprint density at radius 1 is 1.10 bits per heavy atom. The number of hydrogen-bond acceptors (Lipinski definition) is 4. The van der Waals surface area contributed by atoms with Gasteiger partial charge in [0.1, 0.15) is 0 Å². The van der Waals surface area contributed by atoms with E-state index in [2.05, 4.69) is 0 Å². The van der Waals surface area contributed by atoms with Gasteiger partial charge in [0.15, 0.2) is 17.7 Å². The van der Waals surface area contributed by atoms with Crippen LogP contribution in [0.3, 0.4) is 0 Å². The summed E-state index contributed by atoms with van der Waals surface area (Å²) in [6.45, 7) is 9.56. The number of aliphatic carboxylic acids is 1. The number of nitrogens with zero attached hydrogens (tertiary/aromatic N) is 1. The first kappa shape index (κ1) is 26.6. The summed E-state index contributed by atoms with van der Waals surface area (Å²) < 4.78 is 28.8. The van der Waals surface area contributed by atoms with Crippen LogP contribution < -0.4 is 4.74 Å². The number of benzene rings is 3. The Morgan fingerprint density at radius 2 is 1.82 bits per heavy atom. The summed E-state index contributed by atoms with van der Waals surface area (Å²) in [4.78, 5) is 26.1. The first-order chi connectivity index (χ1) is 18.5. The van der Waals surface area contributed by atoms with E-state index in [0.29, 0.717) is 51.7 Å². The monoisotopic (exact) mass is 529 g/mol. The van der Waals surface area contributed by atoms with Crippen molar-refractivity contribution in [3.63, 3.8) is 0 Å². The maximum Gasteiger partial charge on any atom is 0.337 e. The molecule has 3 aromatic carbocycles. The maximum atomic E-state index is 15.5. The van der Waals surface area contributed by atoms with Crippen LogP contribution in [0.25, 0.3) is 22.0 Å². The number of carbonyl (C=O) groups excluding carboxylic acids is 1. The zero-order valence-electron chi connectivity index (χ0n) is 22.8. The molecule has 39 heavy (non-hydrogen) atoms. The Balaban J connectivity index is 1.85. The van der Waals surface area contributed by atoms with E-state index in [1.54, 1.807) is 68.8 Å². The van der Waals surface area contributed by atoms with Gasteiger partial charge in [0.25, 0.3) is 5.91 Å². The van der Waals surface area contributed by atoms with Gasteiger partial charge in [-0.05, 0) is 100 Å². The molecule has 0 amide bonds. The minimum atomic E-state index is -1.31. The van der Waals surface area contributed by atoms with Gasteiger partial charge in [-0.25, -0.2) is 9.18 Å². The van der Waals surface area contributed by atoms with Crippen molar-refractivity contribution < 1.29 is 28.6 Å². The molecule has 6 nitrogen and oxygen atoms in total. The molecular weight excluding hydrogens is 497 g/mol. The van der Waals surface area contributed by atoms with Gasteiger partial charge in [-0.3, -0.25) is 9.36 Å². The molecule has 0 unspecified atom stereocenters. The second-order valence-corrected chi connectivity index (χ2v) is 11.0. The predicted molar refractivity (Wildman–Crippen MR) is 148 cm³/mol. The van der Waals surface area contributed by atoms with Gasteiger partial charge in [-0.2, -0.15) is 0 Å². The van der Waals surface area contributed by atoms with E-state index in [0.717, 1.165) is 17.5 Å². The normalized spacial score (nSPS) is 14.1. The SMILES string of the molecule is Cc1cc2c(ccn2C(=O)c2ccccc2)c(-c2cc(F)c3c(c2C)CCCO3)c1[C@H](OC(C)(C)C)C(=O)O. The second-order valence-electron chi connectivity index (χ2n) is 11.0. The smallest absolute Gasteiger partial charge is 0.337 e. The van der Waals surface area contributed by atoms with E-state index in [1.807, 2.05) is 19.1 Å². The highest BCUT2D eigenvalue weighted by Crippen LogP contribution is 2.45. The van der Waals surface area contributed by atoms with Crippen molar-refractivity contribution >= 4 is 22.8 Å². The van der Waals surface area contributed by atoms with Crippen molar-refractivity contribution in [2.45, 2.75) is 59.2 Å². The minimum Gasteiger partial charge on any atom is -0.490 e. The Bertz CT molecular complexity index is 1600. The van der Waals surface area contributed by atoms with E-state index in [4.69, 9.17) is 9.47 Å². The first-order valence-corrected chi connectivity index (χ1v) is 13.1. The molecule has 1 atom stereocenters. The third-order valence-electron chi connectivity index (χ3n) is 7.15. The summed E-state index contributed by atoms with van der Waals surface area (Å²) in [6, 6.07) is 14.0. The van der Waals surface area contributed by atoms with E-state index < -0.39 is 23.5 Å². The van der Waals surface area contributed by atoms with Crippen molar-refractivity contribution in [3.8, 4) is 16.9 Å². The van der Waals surface area contributed by atoms with Crippen LogP contribution in [0.2, 0.25) is 0 Å². The summed E-state index contributed by atoms with van der Waals surface area (Å²) in [6.07, 6.45) is 1.79. The quantitative estimate of drug-likeness (QED) is 0.301. The molecule has 1 N–H and O–H groups in total. The molecular formula is C32H32FNO5. The van der Waals surface area contributed by atoms with Crippen molar-refractivity contribution in [2.24, 2.45) is 0 Å². The molecule has 202 valence electrons. The third-order valence-corrected chi connectivity index (χ3v) is 7.15. The van der Waals surface area contributed by atoms with E-state index in [9.17, 15) is 14.7 Å². The molecule has 0 bridgehead atoms. The Kier molecular flexibility index (Phi) is 6.81. The number of rotatable bonds is 5. The van der Waals surface area contributed by atoms with Gasteiger partial charge in [0.05, 0.1) is 17.7 Å². The third kappa shape index (κ3) is 4.83. The number of fused-ring (bicyclic) bond motifs is 2. The lowest BCUT2D eigenvalue weighted by molar-refractivity contribution is -0.160. The summed E-state index contributed by atoms with van der Waals surface area (Å²) in [5, 5.41) is 11.0. The van der Waals surface area contributed by atoms with Crippen LogP contribution in [0, 0.1) is 19.7 Å². The van der Waals surface area contributed by atoms with E-state index in [-0.39, 0.29) is 11.7 Å². The Labute approximate surface area is 227 Å². The highest BCUT2D eigenvalue weighted by Gasteiger charge is 2.33. The van der Waals surface area contributed by atoms with Gasteiger partial charge < -0.3 is 14.6 Å². The van der Waals surface area contributed by atoms with Crippen molar-refractivity contribution in [1.29, 1.82) is 0 Å². The molecule has 4 aromatic rings. The molecule has 0 saturated carbocycles. The van der Waals surface area contributed by atoms with Crippen LogP contribution in [0.5, 0.6) is 5.75 Å². The van der Waals surface area contributed by atoms with Gasteiger partial charge >= 0.3 is 5.97 Å². The Morgan fingerprint density at radius 3 is 2.49 bits per heavy atom. The van der Waals surface area contributed by atoms with Gasteiger partial charge in [-0.1, -0.05) is 18.2 Å². The molecule has 0 aliphatic carbocycles. The van der Waals surface area contributed by atoms with Crippen molar-refractivity contribution in [3.05, 3.63) is 88.4 Å². The number of carboxylic acids is 1. The second kappa shape index (κ2) is 9.97. The average Bonchev–Trinajstić information content (AvgIpc) is 3.31. The van der Waals surface area contributed by atoms with E-state index >= 15 is 4.39 Å². The molecule has 0 spiro atoms. The number of ether oxygens (including phenoxy) is 2. The van der Waals surface area contributed by atoms with Crippen LogP contribution in [-0.2, 0) is 16.0 Å². The fraction of sp³-hybridized carbons (Fsp3) is 0.312. The topological polar surface area (TPSA) is 77.8 Å². The molecule has 1 aliphatic heterocycles. The van der Waals surface area contributed by atoms with Gasteiger partial charge in [0, 0.05) is 28.3 Å². The lowest BCUT2D eigenvalue weighted by Gasteiger charge is -2.29. The van der Waals surface area contributed by atoms with Gasteiger partial charge in [-0.15, -0.1) is 0 Å². The summed E-state index contributed by atoms with van der Waals surface area (Å²) in [5.41, 5.74) is 4.14. The maximum absolute atomic E-state index is 15.5. The highest BCUT2D eigenvalue weighted by atomic mass is 19.1. The van der Waals surface area contributed by atoms with Crippen LogP contribution in [0.1, 0.15) is 65.9 Å². The van der Waals surface area contributed by atoms with E-state index in [1.165, 1.54) is 6.07 Å². The van der Waals surface area contributed by atoms with Crippen LogP contribution >= 0.6 is 0 Å². The van der Waals surface area contributed by atoms with Crippen LogP contribution in [0.15, 0.2) is 54.7 Å². The zero-order valence-corrected chi connectivity index (χ0v) is 22.8. The van der Waals surface area contributed by atoms with Crippen LogP contribution in [-0.4, -0.2) is 33.8 Å². The van der Waals surface area contributed by atoms with Crippen LogP contribution in [0.4, 0.5) is 4.39 Å². The average molecular weight is 530 g/mol. The summed E-state index contributed by atoms with van der Waals surface area (Å²) in [7, 11) is 0. The number of carbonyl (C=O) groups is 2. The summed E-state index contributed by atoms with van der Waals surface area (Å²) in [5.74, 6) is -1.60. The molecule has 7 heteroatoms. The number of halogens is 1. The number of carboxylic acid groups (broad SMARTS) is 1. The molecule has 2 heterocycles. The molecule has 5 rings (SSSR count).